The summed E-state index contributed by atoms with van der Waals surface area (Å²) in [5.41, 5.74) is 11.0. The third-order valence-electron chi connectivity index (χ3n) is 6.70. The number of nitrogens with two attached hydrogens (primary N) is 1. The number of likely N-dealkylation sites (tertiary alicyclic amines) is 1. The Hall–Kier alpha value is -3.65. The maximum absolute atomic E-state index is 12.9. The van der Waals surface area contributed by atoms with Gasteiger partial charge in [-0.05, 0) is 61.4 Å². The highest BCUT2D eigenvalue weighted by atomic mass is 16.3. The number of carbonyl (C=O) groups excluding carboxylic acids is 2. The van der Waals surface area contributed by atoms with Crippen molar-refractivity contribution in [1.29, 1.82) is 0 Å². The molecule has 4 aromatic rings. The Morgan fingerprint density at radius 3 is 2.73 bits per heavy atom. The van der Waals surface area contributed by atoms with Gasteiger partial charge in [0.25, 0.3) is 0 Å². The average Bonchev–Trinajstić information content (AvgIpc) is 3.48. The molecule has 0 spiro atoms. The summed E-state index contributed by atoms with van der Waals surface area (Å²) >= 11 is 0. The highest BCUT2D eigenvalue weighted by molar-refractivity contribution is 5.97. The average molecular weight is 446 g/mol. The van der Waals surface area contributed by atoms with Crippen molar-refractivity contribution in [2.24, 2.45) is 5.73 Å². The fraction of sp³-hybridized carbons (Fsp3) is 0.320. The van der Waals surface area contributed by atoms with E-state index in [9.17, 15) is 14.7 Å². The number of rotatable bonds is 5. The molecule has 2 aromatic carbocycles. The van der Waals surface area contributed by atoms with E-state index >= 15 is 0 Å². The number of nitrogens with zero attached hydrogens (tertiary/aromatic N) is 3. The standard InChI is InChI=1S/C25H27N5O3/c1-14-9-18-19(10-15(14)2)28-23(27-18)5-6-24(32)29-12-21(22(31)13-29)30-8-7-16-11-17(25(26)33)3-4-20(16)30/h3-4,7-11,21-22,31H,5-6,12-13H2,1-2H3,(H2,26,33)(H,27,28)/t21-,22-/m1/s1. The third-order valence-corrected chi connectivity index (χ3v) is 6.70. The summed E-state index contributed by atoms with van der Waals surface area (Å²) in [7, 11) is 0. The molecule has 3 heterocycles. The van der Waals surface area contributed by atoms with Crippen LogP contribution in [0.3, 0.4) is 0 Å². The molecule has 8 heteroatoms. The van der Waals surface area contributed by atoms with Crippen molar-refractivity contribution < 1.29 is 14.7 Å². The summed E-state index contributed by atoms with van der Waals surface area (Å²) in [6.07, 6.45) is 2.06. The molecule has 1 aliphatic heterocycles. The second-order valence-corrected chi connectivity index (χ2v) is 8.93. The molecule has 1 saturated heterocycles. The van der Waals surface area contributed by atoms with E-state index in [1.165, 1.54) is 11.1 Å². The van der Waals surface area contributed by atoms with Gasteiger partial charge < -0.3 is 25.3 Å². The maximum atomic E-state index is 12.9. The Morgan fingerprint density at radius 1 is 1.15 bits per heavy atom. The zero-order valence-electron chi connectivity index (χ0n) is 18.7. The largest absolute Gasteiger partial charge is 0.389 e. The van der Waals surface area contributed by atoms with Crippen LogP contribution in [0.5, 0.6) is 0 Å². The van der Waals surface area contributed by atoms with E-state index in [2.05, 4.69) is 35.9 Å². The Morgan fingerprint density at radius 2 is 1.94 bits per heavy atom. The molecular formula is C25H27N5O3. The van der Waals surface area contributed by atoms with Crippen molar-refractivity contribution in [3.63, 3.8) is 0 Å². The molecule has 33 heavy (non-hydrogen) atoms. The van der Waals surface area contributed by atoms with Gasteiger partial charge in [-0.25, -0.2) is 4.98 Å². The quantitative estimate of drug-likeness (QED) is 0.438. The van der Waals surface area contributed by atoms with Gasteiger partial charge in [0.05, 0.1) is 23.2 Å². The highest BCUT2D eigenvalue weighted by Crippen LogP contribution is 2.29. The van der Waals surface area contributed by atoms with E-state index in [0.717, 1.165) is 27.8 Å². The molecular weight excluding hydrogens is 418 g/mol. The first-order valence-corrected chi connectivity index (χ1v) is 11.1. The Balaban J connectivity index is 1.27. The van der Waals surface area contributed by atoms with Gasteiger partial charge >= 0.3 is 0 Å². The zero-order chi connectivity index (χ0) is 23.3. The molecule has 0 bridgehead atoms. The Kier molecular flexibility index (Phi) is 5.17. The molecule has 1 aliphatic rings. The lowest BCUT2D eigenvalue weighted by Crippen LogP contribution is -2.29. The van der Waals surface area contributed by atoms with Gasteiger partial charge in [-0.15, -0.1) is 0 Å². The van der Waals surface area contributed by atoms with Crippen LogP contribution in [0.4, 0.5) is 0 Å². The van der Waals surface area contributed by atoms with Crippen molar-refractivity contribution in [3.05, 3.63) is 65.1 Å². The normalized spacial score (nSPS) is 18.5. The lowest BCUT2D eigenvalue weighted by Gasteiger charge is -2.18. The minimum Gasteiger partial charge on any atom is -0.389 e. The fourth-order valence-electron chi connectivity index (χ4n) is 4.68. The van der Waals surface area contributed by atoms with E-state index in [0.29, 0.717) is 31.5 Å². The van der Waals surface area contributed by atoms with E-state index in [-0.39, 0.29) is 11.9 Å². The van der Waals surface area contributed by atoms with Gasteiger partial charge in [-0.1, -0.05) is 0 Å². The van der Waals surface area contributed by atoms with Crippen LogP contribution in [0.1, 0.15) is 39.8 Å². The Bertz CT molecular complexity index is 1350. The minimum absolute atomic E-state index is 0.00292. The molecule has 1 fully saturated rings. The number of imidazole rings is 1. The van der Waals surface area contributed by atoms with Gasteiger partial charge in [0.2, 0.25) is 11.8 Å². The number of nitrogens with one attached hydrogen (secondary N) is 1. The summed E-state index contributed by atoms with van der Waals surface area (Å²) in [6, 6.07) is 11.0. The molecule has 8 nitrogen and oxygen atoms in total. The lowest BCUT2D eigenvalue weighted by molar-refractivity contribution is -0.130. The number of aliphatic hydroxyl groups excluding tert-OH is 1. The van der Waals surface area contributed by atoms with Crippen LogP contribution in [0.2, 0.25) is 0 Å². The van der Waals surface area contributed by atoms with Crippen LogP contribution < -0.4 is 5.73 Å². The molecule has 5 rings (SSSR count). The first kappa shape index (κ1) is 21.2. The fourth-order valence-corrected chi connectivity index (χ4v) is 4.68. The van der Waals surface area contributed by atoms with Gasteiger partial charge in [0.1, 0.15) is 5.82 Å². The van der Waals surface area contributed by atoms with Crippen LogP contribution in [0, 0.1) is 13.8 Å². The second-order valence-electron chi connectivity index (χ2n) is 8.93. The molecule has 170 valence electrons. The molecule has 4 N–H and O–H groups in total. The van der Waals surface area contributed by atoms with Crippen molar-refractivity contribution in [2.75, 3.05) is 13.1 Å². The van der Waals surface area contributed by atoms with Gasteiger partial charge in [-0.2, -0.15) is 0 Å². The minimum atomic E-state index is -0.669. The van der Waals surface area contributed by atoms with Crippen molar-refractivity contribution in [2.45, 2.75) is 38.8 Å². The van der Waals surface area contributed by atoms with Crippen molar-refractivity contribution in [3.8, 4) is 0 Å². The number of fused-ring (bicyclic) bond motifs is 2. The number of benzene rings is 2. The SMILES string of the molecule is Cc1cc2nc(CCC(=O)N3C[C@@H](O)[C@H](n4ccc5cc(C(N)=O)ccc54)C3)[nH]c2cc1C. The monoisotopic (exact) mass is 445 g/mol. The van der Waals surface area contributed by atoms with E-state index in [1.54, 1.807) is 17.0 Å². The number of hydrogen-bond donors (Lipinski definition) is 3. The number of primary amides is 1. The number of aliphatic hydroxyl groups is 1. The van der Waals surface area contributed by atoms with Gasteiger partial charge in [-0.3, -0.25) is 9.59 Å². The van der Waals surface area contributed by atoms with Crippen LogP contribution in [0.25, 0.3) is 21.9 Å². The molecule has 0 unspecified atom stereocenters. The van der Waals surface area contributed by atoms with Crippen LogP contribution in [-0.4, -0.2) is 55.5 Å². The summed E-state index contributed by atoms with van der Waals surface area (Å²) in [5, 5.41) is 11.6. The molecule has 0 radical (unpaired) electrons. The molecule has 2 atom stereocenters. The topological polar surface area (TPSA) is 117 Å². The zero-order valence-corrected chi connectivity index (χ0v) is 18.7. The smallest absolute Gasteiger partial charge is 0.248 e. The van der Waals surface area contributed by atoms with E-state index in [4.69, 9.17) is 5.73 Å². The van der Waals surface area contributed by atoms with Gasteiger partial charge in [0, 0.05) is 48.6 Å². The highest BCUT2D eigenvalue weighted by Gasteiger charge is 2.35. The van der Waals surface area contributed by atoms with Crippen molar-refractivity contribution >= 4 is 33.8 Å². The first-order chi connectivity index (χ1) is 15.8. The summed E-state index contributed by atoms with van der Waals surface area (Å²) in [6.45, 7) is 4.85. The number of β-amino-alcohol motifs (C(OH)–C–C–N with tert-alkyl or cyclic N) is 1. The number of aromatic amines is 1. The van der Waals surface area contributed by atoms with Gasteiger partial charge in [0.15, 0.2) is 0 Å². The number of amides is 2. The molecule has 2 amide bonds. The summed E-state index contributed by atoms with van der Waals surface area (Å²) < 4.78 is 1.97. The number of aromatic nitrogens is 3. The summed E-state index contributed by atoms with van der Waals surface area (Å²) in [4.78, 5) is 34.0. The first-order valence-electron chi connectivity index (χ1n) is 11.1. The van der Waals surface area contributed by atoms with E-state index in [1.807, 2.05) is 22.9 Å². The molecule has 2 aromatic heterocycles. The van der Waals surface area contributed by atoms with Crippen LogP contribution in [-0.2, 0) is 11.2 Å². The Labute approximate surface area is 191 Å². The second kappa shape index (κ2) is 8.04. The molecule has 0 aliphatic carbocycles. The van der Waals surface area contributed by atoms with Crippen molar-refractivity contribution in [1.82, 2.24) is 19.4 Å². The van der Waals surface area contributed by atoms with Crippen LogP contribution >= 0.6 is 0 Å². The predicted molar refractivity (Wildman–Crippen MR) is 126 cm³/mol. The number of carbonyl (C=O) groups is 2. The summed E-state index contributed by atoms with van der Waals surface area (Å²) in [5.74, 6) is 0.315. The number of H-pyrrole nitrogens is 1. The number of aryl methyl sites for hydroxylation is 3. The maximum Gasteiger partial charge on any atom is 0.248 e. The number of hydrogen-bond acceptors (Lipinski definition) is 4. The third kappa shape index (κ3) is 3.87. The lowest BCUT2D eigenvalue weighted by atomic mass is 10.1. The molecule has 0 saturated carbocycles. The van der Waals surface area contributed by atoms with E-state index < -0.39 is 12.0 Å². The predicted octanol–water partition coefficient (Wildman–Crippen LogP) is 2.61. The van der Waals surface area contributed by atoms with Crippen LogP contribution in [0.15, 0.2) is 42.6 Å².